The summed E-state index contributed by atoms with van der Waals surface area (Å²) in [7, 11) is 0. The van der Waals surface area contributed by atoms with Crippen molar-refractivity contribution in [3.63, 3.8) is 0 Å². The molecule has 0 spiro atoms. The molecule has 0 aliphatic rings. The van der Waals surface area contributed by atoms with Crippen LogP contribution < -0.4 is 5.32 Å². The van der Waals surface area contributed by atoms with Crippen molar-refractivity contribution in [3.05, 3.63) is 0 Å². The van der Waals surface area contributed by atoms with Crippen molar-refractivity contribution >= 4 is 12.1 Å². The number of amides is 1. The molecule has 0 saturated carbocycles. The van der Waals surface area contributed by atoms with Crippen molar-refractivity contribution in [2.45, 2.75) is 52.4 Å². The molecule has 0 aromatic heterocycles. The number of nitrogens with one attached hydrogen (secondary N) is 1. The molecule has 0 bridgehead atoms. The minimum absolute atomic E-state index is 0.376. The van der Waals surface area contributed by atoms with Crippen LogP contribution in [0.15, 0.2) is 0 Å². The van der Waals surface area contributed by atoms with Crippen LogP contribution in [0.25, 0.3) is 0 Å². The maximum Gasteiger partial charge on any atom is 0.408 e. The van der Waals surface area contributed by atoms with E-state index in [0.29, 0.717) is 6.61 Å². The van der Waals surface area contributed by atoms with Crippen molar-refractivity contribution in [3.8, 4) is 0 Å². The van der Waals surface area contributed by atoms with E-state index in [1.807, 2.05) is 0 Å². The first-order chi connectivity index (χ1) is 7.67. The van der Waals surface area contributed by atoms with Crippen molar-refractivity contribution < 1.29 is 24.2 Å². The van der Waals surface area contributed by atoms with E-state index < -0.39 is 29.8 Å². The summed E-state index contributed by atoms with van der Waals surface area (Å²) in [6.45, 7) is 8.82. The van der Waals surface area contributed by atoms with Crippen molar-refractivity contribution in [1.82, 2.24) is 5.32 Å². The molecule has 0 rings (SSSR count). The van der Waals surface area contributed by atoms with E-state index in [1.54, 1.807) is 34.6 Å². The van der Waals surface area contributed by atoms with Gasteiger partial charge in [0, 0.05) is 6.61 Å². The van der Waals surface area contributed by atoms with Crippen LogP contribution in [0.4, 0.5) is 4.79 Å². The maximum atomic E-state index is 11.4. The van der Waals surface area contributed by atoms with Gasteiger partial charge in [0.1, 0.15) is 5.60 Å². The van der Waals surface area contributed by atoms with Crippen LogP contribution in [0.5, 0.6) is 0 Å². The van der Waals surface area contributed by atoms with Gasteiger partial charge >= 0.3 is 12.1 Å². The van der Waals surface area contributed by atoms with Gasteiger partial charge in [-0.05, 0) is 34.6 Å². The van der Waals surface area contributed by atoms with Crippen LogP contribution in [0.2, 0.25) is 0 Å². The molecule has 0 aliphatic carbocycles. The number of rotatable bonds is 5. The van der Waals surface area contributed by atoms with E-state index in [-0.39, 0.29) is 0 Å². The largest absolute Gasteiger partial charge is 0.480 e. The van der Waals surface area contributed by atoms with Gasteiger partial charge in [-0.1, -0.05) is 0 Å². The van der Waals surface area contributed by atoms with Gasteiger partial charge in [0.2, 0.25) is 0 Å². The Balaban J connectivity index is 4.45. The molecule has 0 aliphatic heterocycles. The number of carbonyl (C=O) groups excluding carboxylic acids is 1. The van der Waals surface area contributed by atoms with Crippen LogP contribution in [0.3, 0.4) is 0 Å². The number of carbonyl (C=O) groups is 2. The number of aliphatic carboxylic acids is 1. The third-order valence-corrected chi connectivity index (χ3v) is 1.84. The molecule has 6 heteroatoms. The summed E-state index contributed by atoms with van der Waals surface area (Å²) in [5, 5.41) is 11.2. The summed E-state index contributed by atoms with van der Waals surface area (Å²) < 4.78 is 10.1. The van der Waals surface area contributed by atoms with Crippen molar-refractivity contribution in [2.24, 2.45) is 0 Å². The monoisotopic (exact) mass is 247 g/mol. The molecule has 2 atom stereocenters. The third-order valence-electron chi connectivity index (χ3n) is 1.84. The van der Waals surface area contributed by atoms with Gasteiger partial charge in [-0.15, -0.1) is 0 Å². The molecular formula is C11H21NO5. The molecule has 100 valence electrons. The highest BCUT2D eigenvalue weighted by molar-refractivity contribution is 5.80. The van der Waals surface area contributed by atoms with E-state index in [1.165, 1.54) is 0 Å². The highest BCUT2D eigenvalue weighted by atomic mass is 16.6. The van der Waals surface area contributed by atoms with E-state index in [0.717, 1.165) is 0 Å². The Morgan fingerprint density at radius 3 is 2.24 bits per heavy atom. The summed E-state index contributed by atoms with van der Waals surface area (Å²) in [6, 6.07) is -1.12. The molecule has 2 N–H and O–H groups in total. The first-order valence-corrected chi connectivity index (χ1v) is 5.51. The Morgan fingerprint density at radius 2 is 1.88 bits per heavy atom. The summed E-state index contributed by atoms with van der Waals surface area (Å²) in [5.41, 5.74) is -0.665. The van der Waals surface area contributed by atoms with Gasteiger partial charge in [0.25, 0.3) is 0 Å². The lowest BCUT2D eigenvalue weighted by Gasteiger charge is -2.24. The van der Waals surface area contributed by atoms with Gasteiger partial charge in [0.15, 0.2) is 6.04 Å². The normalized spacial score (nSPS) is 14.9. The number of hydrogen-bond acceptors (Lipinski definition) is 4. The molecule has 0 heterocycles. The summed E-state index contributed by atoms with van der Waals surface area (Å²) in [6.07, 6.45) is -1.39. The zero-order chi connectivity index (χ0) is 13.6. The van der Waals surface area contributed by atoms with Gasteiger partial charge in [0.05, 0.1) is 6.10 Å². The molecule has 0 aromatic carbocycles. The predicted octanol–water partition coefficient (Wildman–Crippen LogP) is 1.39. The quantitative estimate of drug-likeness (QED) is 0.766. The van der Waals surface area contributed by atoms with Crippen LogP contribution in [0.1, 0.15) is 34.6 Å². The number of hydrogen-bond donors (Lipinski definition) is 2. The minimum Gasteiger partial charge on any atom is -0.480 e. The zero-order valence-corrected chi connectivity index (χ0v) is 10.9. The summed E-state index contributed by atoms with van der Waals surface area (Å²) in [5.74, 6) is -1.16. The average Bonchev–Trinajstić information content (AvgIpc) is 2.11. The molecule has 17 heavy (non-hydrogen) atoms. The van der Waals surface area contributed by atoms with Gasteiger partial charge in [-0.3, -0.25) is 0 Å². The van der Waals surface area contributed by atoms with E-state index in [2.05, 4.69) is 5.32 Å². The molecular weight excluding hydrogens is 226 g/mol. The molecule has 0 unspecified atom stereocenters. The highest BCUT2D eigenvalue weighted by Crippen LogP contribution is 2.08. The Kier molecular flexibility index (Phi) is 5.95. The van der Waals surface area contributed by atoms with E-state index in [9.17, 15) is 9.59 Å². The molecule has 0 saturated heterocycles. The van der Waals surface area contributed by atoms with Crippen LogP contribution in [-0.4, -0.2) is 41.5 Å². The zero-order valence-electron chi connectivity index (χ0n) is 10.9. The maximum absolute atomic E-state index is 11.4. The number of alkyl carbamates (subject to hydrolysis) is 1. The van der Waals surface area contributed by atoms with Crippen LogP contribution >= 0.6 is 0 Å². The van der Waals surface area contributed by atoms with Gasteiger partial charge < -0.3 is 19.9 Å². The number of carboxylic acid groups (broad SMARTS) is 1. The van der Waals surface area contributed by atoms with Gasteiger partial charge in [-0.25, -0.2) is 9.59 Å². The predicted molar refractivity (Wildman–Crippen MR) is 61.9 cm³/mol. The van der Waals surface area contributed by atoms with Crippen LogP contribution in [-0.2, 0) is 14.3 Å². The topological polar surface area (TPSA) is 84.9 Å². The Morgan fingerprint density at radius 1 is 1.35 bits per heavy atom. The van der Waals surface area contributed by atoms with Crippen molar-refractivity contribution in [2.75, 3.05) is 6.61 Å². The molecule has 0 radical (unpaired) electrons. The highest BCUT2D eigenvalue weighted by Gasteiger charge is 2.29. The fourth-order valence-corrected chi connectivity index (χ4v) is 1.17. The standard InChI is InChI=1S/C11H21NO5/c1-6-16-7(2)8(9(13)14)12-10(15)17-11(3,4)5/h7-8H,6H2,1-5H3,(H,12,15)(H,13,14)/t7-,8+/m1/s1. The Bertz CT molecular complexity index is 272. The Hall–Kier alpha value is -1.30. The molecule has 0 aromatic rings. The second kappa shape index (κ2) is 6.44. The first kappa shape index (κ1) is 15.7. The fourth-order valence-electron chi connectivity index (χ4n) is 1.17. The van der Waals surface area contributed by atoms with E-state index in [4.69, 9.17) is 14.6 Å². The fraction of sp³-hybridized carbons (Fsp3) is 0.818. The molecule has 1 amide bonds. The lowest BCUT2D eigenvalue weighted by Crippen LogP contribution is -2.50. The lowest BCUT2D eigenvalue weighted by atomic mass is 10.2. The average molecular weight is 247 g/mol. The number of ether oxygens (including phenoxy) is 2. The smallest absolute Gasteiger partial charge is 0.408 e. The lowest BCUT2D eigenvalue weighted by molar-refractivity contribution is -0.143. The Labute approximate surface area is 101 Å². The van der Waals surface area contributed by atoms with Crippen molar-refractivity contribution in [1.29, 1.82) is 0 Å². The summed E-state index contributed by atoms with van der Waals surface area (Å²) in [4.78, 5) is 22.4. The third kappa shape index (κ3) is 6.78. The van der Waals surface area contributed by atoms with Gasteiger partial charge in [-0.2, -0.15) is 0 Å². The second-order valence-corrected chi connectivity index (χ2v) is 4.62. The molecule has 6 nitrogen and oxygen atoms in total. The second-order valence-electron chi connectivity index (χ2n) is 4.62. The van der Waals surface area contributed by atoms with E-state index >= 15 is 0 Å². The number of carboxylic acids is 1. The SMILES string of the molecule is CCO[C@H](C)[C@H](NC(=O)OC(C)(C)C)C(=O)O. The van der Waals surface area contributed by atoms with Crippen LogP contribution in [0, 0.1) is 0 Å². The molecule has 0 fully saturated rings. The minimum atomic E-state index is -1.16. The summed E-state index contributed by atoms with van der Waals surface area (Å²) >= 11 is 0. The first-order valence-electron chi connectivity index (χ1n) is 5.51.